The van der Waals surface area contributed by atoms with Gasteiger partial charge in [-0.15, -0.1) is 0 Å². The summed E-state index contributed by atoms with van der Waals surface area (Å²) in [6.45, 7) is -0.611. The quantitative estimate of drug-likeness (QED) is 0.598. The zero-order valence-electron chi connectivity index (χ0n) is 15.6. The number of nitrogens with two attached hydrogens (primary N) is 1. The number of benzene rings is 2. The van der Waals surface area contributed by atoms with Crippen molar-refractivity contribution in [2.45, 2.75) is 19.6 Å². The maximum atomic E-state index is 12.7. The predicted octanol–water partition coefficient (Wildman–Crippen LogP) is 2.46. The van der Waals surface area contributed by atoms with Crippen LogP contribution in [0.1, 0.15) is 27.0 Å². The van der Waals surface area contributed by atoms with E-state index in [4.69, 9.17) is 15.6 Å². The molecular weight excluding hydrogens is 372 g/mol. The second-order valence-corrected chi connectivity index (χ2v) is 6.49. The number of carboxylic acid groups (broad SMARTS) is 1. The molecule has 1 aromatic heterocycles. The van der Waals surface area contributed by atoms with Crippen molar-refractivity contribution >= 4 is 17.6 Å². The Morgan fingerprint density at radius 3 is 2.14 bits per heavy atom. The Morgan fingerprint density at radius 1 is 0.966 bits per heavy atom. The molecule has 3 aromatic rings. The van der Waals surface area contributed by atoms with Gasteiger partial charge in [-0.25, -0.2) is 4.79 Å². The number of rotatable bonds is 7. The van der Waals surface area contributed by atoms with Crippen LogP contribution in [0.15, 0.2) is 71.7 Å². The maximum Gasteiger partial charge on any atom is 0.346 e. The molecule has 0 saturated carbocycles. The SMILES string of the molecule is Nc1c(Cc2ccccc2)cn(CC(=O)O)c(=O)c1C(=O)OCc1ccccc1. The number of nitrogen functional groups attached to an aromatic ring is 1. The third-order valence-electron chi connectivity index (χ3n) is 4.36. The highest BCUT2D eigenvalue weighted by molar-refractivity contribution is 5.95. The molecule has 148 valence electrons. The topological polar surface area (TPSA) is 112 Å². The van der Waals surface area contributed by atoms with Gasteiger partial charge in [0.15, 0.2) is 0 Å². The molecule has 2 aromatic carbocycles. The summed E-state index contributed by atoms with van der Waals surface area (Å²) in [5.41, 5.74) is 7.13. The minimum atomic E-state index is -1.20. The van der Waals surface area contributed by atoms with Crippen molar-refractivity contribution in [1.82, 2.24) is 4.57 Å². The lowest BCUT2D eigenvalue weighted by Crippen LogP contribution is -2.31. The molecule has 3 rings (SSSR count). The van der Waals surface area contributed by atoms with Crippen molar-refractivity contribution in [1.29, 1.82) is 0 Å². The Hall–Kier alpha value is -3.87. The molecule has 0 saturated heterocycles. The number of pyridine rings is 1. The van der Waals surface area contributed by atoms with Crippen LogP contribution in [-0.2, 0) is 29.1 Å². The minimum Gasteiger partial charge on any atom is -0.480 e. The number of aliphatic carboxylic acids is 1. The van der Waals surface area contributed by atoms with Crippen molar-refractivity contribution in [3.05, 3.63) is 99.5 Å². The van der Waals surface area contributed by atoms with Crippen LogP contribution in [0.5, 0.6) is 0 Å². The van der Waals surface area contributed by atoms with Gasteiger partial charge in [-0.2, -0.15) is 0 Å². The van der Waals surface area contributed by atoms with Gasteiger partial charge in [0, 0.05) is 12.6 Å². The highest BCUT2D eigenvalue weighted by Gasteiger charge is 2.22. The van der Waals surface area contributed by atoms with E-state index in [2.05, 4.69) is 0 Å². The molecule has 7 nitrogen and oxygen atoms in total. The monoisotopic (exact) mass is 392 g/mol. The second kappa shape index (κ2) is 8.88. The molecule has 0 aliphatic rings. The number of anilines is 1. The third kappa shape index (κ3) is 4.90. The Morgan fingerprint density at radius 2 is 1.55 bits per heavy atom. The summed E-state index contributed by atoms with van der Waals surface area (Å²) in [4.78, 5) is 36.5. The van der Waals surface area contributed by atoms with Crippen LogP contribution >= 0.6 is 0 Å². The van der Waals surface area contributed by atoms with Crippen LogP contribution < -0.4 is 11.3 Å². The number of esters is 1. The summed E-state index contributed by atoms with van der Waals surface area (Å²) in [5.74, 6) is -2.09. The van der Waals surface area contributed by atoms with Gasteiger partial charge in [0.2, 0.25) is 0 Å². The van der Waals surface area contributed by atoms with Gasteiger partial charge >= 0.3 is 11.9 Å². The average molecular weight is 392 g/mol. The molecule has 3 N–H and O–H groups in total. The molecule has 0 aliphatic carbocycles. The molecule has 0 atom stereocenters. The summed E-state index contributed by atoms with van der Waals surface area (Å²) in [5, 5.41) is 9.12. The maximum absolute atomic E-state index is 12.7. The first-order chi connectivity index (χ1) is 14.0. The normalized spacial score (nSPS) is 10.5. The molecule has 0 fully saturated rings. The number of hydrogen-bond donors (Lipinski definition) is 2. The molecule has 1 heterocycles. The average Bonchev–Trinajstić information content (AvgIpc) is 2.71. The molecule has 0 bridgehead atoms. The summed E-state index contributed by atoms with van der Waals surface area (Å²) < 4.78 is 6.23. The zero-order chi connectivity index (χ0) is 20.8. The lowest BCUT2D eigenvalue weighted by Gasteiger charge is -2.14. The first-order valence-electron chi connectivity index (χ1n) is 8.94. The lowest BCUT2D eigenvalue weighted by molar-refractivity contribution is -0.137. The van der Waals surface area contributed by atoms with Crippen molar-refractivity contribution < 1.29 is 19.4 Å². The van der Waals surface area contributed by atoms with Crippen LogP contribution in [-0.4, -0.2) is 21.6 Å². The van der Waals surface area contributed by atoms with E-state index in [1.54, 1.807) is 24.3 Å². The first-order valence-corrected chi connectivity index (χ1v) is 8.94. The Balaban J connectivity index is 1.97. The third-order valence-corrected chi connectivity index (χ3v) is 4.36. The highest BCUT2D eigenvalue weighted by Crippen LogP contribution is 2.20. The van der Waals surface area contributed by atoms with E-state index < -0.39 is 24.0 Å². The van der Waals surface area contributed by atoms with E-state index >= 15 is 0 Å². The van der Waals surface area contributed by atoms with E-state index in [0.29, 0.717) is 12.0 Å². The van der Waals surface area contributed by atoms with Gasteiger partial charge in [0.05, 0.1) is 5.69 Å². The largest absolute Gasteiger partial charge is 0.480 e. The highest BCUT2D eigenvalue weighted by atomic mass is 16.5. The summed E-state index contributed by atoms with van der Waals surface area (Å²) in [6, 6.07) is 18.3. The predicted molar refractivity (Wildman–Crippen MR) is 108 cm³/mol. The van der Waals surface area contributed by atoms with Crippen molar-refractivity contribution in [3.8, 4) is 0 Å². The van der Waals surface area contributed by atoms with E-state index in [9.17, 15) is 14.4 Å². The van der Waals surface area contributed by atoms with Crippen molar-refractivity contribution in [2.75, 3.05) is 5.73 Å². The van der Waals surface area contributed by atoms with Crippen LogP contribution in [0.4, 0.5) is 5.69 Å². The van der Waals surface area contributed by atoms with Gasteiger partial charge in [-0.3, -0.25) is 9.59 Å². The van der Waals surface area contributed by atoms with Gasteiger partial charge in [0.25, 0.3) is 5.56 Å². The van der Waals surface area contributed by atoms with Crippen LogP contribution in [0.25, 0.3) is 0 Å². The van der Waals surface area contributed by atoms with Crippen molar-refractivity contribution in [2.24, 2.45) is 0 Å². The van der Waals surface area contributed by atoms with E-state index in [1.165, 1.54) is 6.20 Å². The van der Waals surface area contributed by atoms with Gasteiger partial charge in [0.1, 0.15) is 18.7 Å². The number of carboxylic acids is 1. The smallest absolute Gasteiger partial charge is 0.346 e. The first kappa shape index (κ1) is 19.9. The fourth-order valence-corrected chi connectivity index (χ4v) is 2.95. The fourth-order valence-electron chi connectivity index (χ4n) is 2.95. The van der Waals surface area contributed by atoms with Crippen LogP contribution in [0.2, 0.25) is 0 Å². The molecule has 0 unspecified atom stereocenters. The number of hydrogen-bond acceptors (Lipinski definition) is 5. The number of carbonyl (C=O) groups is 2. The lowest BCUT2D eigenvalue weighted by atomic mass is 10.0. The van der Waals surface area contributed by atoms with E-state index in [0.717, 1.165) is 15.7 Å². The van der Waals surface area contributed by atoms with E-state index in [1.807, 2.05) is 36.4 Å². The molecular formula is C22H20N2O5. The number of nitrogens with zero attached hydrogens (tertiary/aromatic N) is 1. The molecule has 0 radical (unpaired) electrons. The van der Waals surface area contributed by atoms with E-state index in [-0.39, 0.29) is 17.9 Å². The second-order valence-electron chi connectivity index (χ2n) is 6.49. The van der Waals surface area contributed by atoms with Gasteiger partial charge in [-0.1, -0.05) is 60.7 Å². The van der Waals surface area contributed by atoms with Crippen molar-refractivity contribution in [3.63, 3.8) is 0 Å². The Labute approximate surface area is 167 Å². The minimum absolute atomic E-state index is 0.00134. The Kier molecular flexibility index (Phi) is 6.09. The molecule has 0 aliphatic heterocycles. The standard InChI is InChI=1S/C22H20N2O5/c23-20-17(11-15-7-3-1-4-8-15)12-24(13-18(25)26)21(27)19(20)22(28)29-14-16-9-5-2-6-10-16/h1-10,12H,11,13-14,23H2,(H,25,26). The number of carbonyl (C=O) groups excluding carboxylic acids is 1. The van der Waals surface area contributed by atoms with Crippen LogP contribution in [0.3, 0.4) is 0 Å². The summed E-state index contributed by atoms with van der Waals surface area (Å²) in [7, 11) is 0. The number of ether oxygens (including phenoxy) is 1. The molecule has 0 amide bonds. The zero-order valence-corrected chi connectivity index (χ0v) is 15.6. The van der Waals surface area contributed by atoms with Gasteiger partial charge in [-0.05, 0) is 16.7 Å². The summed E-state index contributed by atoms with van der Waals surface area (Å²) >= 11 is 0. The molecule has 0 spiro atoms. The van der Waals surface area contributed by atoms with Gasteiger partial charge < -0.3 is 20.1 Å². The Bertz CT molecular complexity index is 1080. The van der Waals surface area contributed by atoms with Crippen LogP contribution in [0, 0.1) is 0 Å². The molecule has 29 heavy (non-hydrogen) atoms. The fraction of sp³-hybridized carbons (Fsp3) is 0.136. The number of aromatic nitrogens is 1. The molecule has 7 heteroatoms. The summed E-state index contributed by atoms with van der Waals surface area (Å²) in [6.07, 6.45) is 1.72.